The fourth-order valence-electron chi connectivity index (χ4n) is 1.96. The largest absolute Gasteiger partial charge is 0.462 e. The van der Waals surface area contributed by atoms with Crippen LogP contribution in [0.25, 0.3) is 0 Å². The van der Waals surface area contributed by atoms with E-state index < -0.39 is 0 Å². The van der Waals surface area contributed by atoms with Crippen molar-refractivity contribution < 1.29 is 14.3 Å². The Kier molecular flexibility index (Phi) is 5.68. The van der Waals surface area contributed by atoms with Crippen molar-refractivity contribution in [1.82, 2.24) is 10.3 Å². The van der Waals surface area contributed by atoms with Crippen LogP contribution in [0.15, 0.2) is 42.7 Å². The van der Waals surface area contributed by atoms with Crippen LogP contribution in [-0.2, 0) is 11.3 Å². The van der Waals surface area contributed by atoms with Gasteiger partial charge in [-0.3, -0.25) is 4.98 Å². The topological polar surface area (TPSA) is 80.3 Å². The Bertz CT molecular complexity index is 684. The summed E-state index contributed by atoms with van der Waals surface area (Å²) in [6.45, 7) is 4.44. The van der Waals surface area contributed by atoms with Gasteiger partial charge in [-0.05, 0) is 55.3 Å². The molecule has 120 valence electrons. The van der Waals surface area contributed by atoms with Crippen molar-refractivity contribution in [3.8, 4) is 0 Å². The van der Waals surface area contributed by atoms with Crippen molar-refractivity contribution in [2.24, 2.45) is 0 Å². The van der Waals surface area contributed by atoms with Gasteiger partial charge in [-0.2, -0.15) is 0 Å². The van der Waals surface area contributed by atoms with Crippen LogP contribution in [0.2, 0.25) is 0 Å². The summed E-state index contributed by atoms with van der Waals surface area (Å²) in [5.41, 5.74) is 3.08. The summed E-state index contributed by atoms with van der Waals surface area (Å²) >= 11 is 0. The van der Waals surface area contributed by atoms with Gasteiger partial charge in [-0.1, -0.05) is 0 Å². The first-order valence-corrected chi connectivity index (χ1v) is 7.31. The minimum Gasteiger partial charge on any atom is -0.462 e. The molecule has 23 heavy (non-hydrogen) atoms. The van der Waals surface area contributed by atoms with Gasteiger partial charge in [0.15, 0.2) is 0 Å². The molecule has 1 aromatic heterocycles. The SMILES string of the molecule is CCOC(=O)c1ccc(NC(=O)NCc2ccncc2C)cc1. The molecule has 0 aliphatic heterocycles. The molecule has 2 N–H and O–H groups in total. The van der Waals surface area contributed by atoms with Gasteiger partial charge in [-0.15, -0.1) is 0 Å². The van der Waals surface area contributed by atoms with Crippen molar-refractivity contribution in [3.05, 3.63) is 59.4 Å². The zero-order valence-electron chi connectivity index (χ0n) is 13.1. The van der Waals surface area contributed by atoms with Gasteiger partial charge in [-0.25, -0.2) is 9.59 Å². The second-order valence-corrected chi connectivity index (χ2v) is 4.91. The predicted octanol–water partition coefficient (Wildman–Crippen LogP) is 2.89. The first kappa shape index (κ1) is 16.5. The van der Waals surface area contributed by atoms with Gasteiger partial charge in [0, 0.05) is 24.6 Å². The normalized spacial score (nSPS) is 10.0. The lowest BCUT2D eigenvalue weighted by atomic mass is 10.1. The number of nitrogens with one attached hydrogen (secondary N) is 2. The van der Waals surface area contributed by atoms with Crippen molar-refractivity contribution in [2.75, 3.05) is 11.9 Å². The van der Waals surface area contributed by atoms with Crippen LogP contribution in [0.4, 0.5) is 10.5 Å². The maximum absolute atomic E-state index is 11.9. The molecular formula is C17H19N3O3. The van der Waals surface area contributed by atoms with Gasteiger partial charge in [0.2, 0.25) is 0 Å². The zero-order chi connectivity index (χ0) is 16.7. The number of ether oxygens (including phenoxy) is 1. The number of esters is 1. The summed E-state index contributed by atoms with van der Waals surface area (Å²) in [6, 6.07) is 8.09. The summed E-state index contributed by atoms with van der Waals surface area (Å²) in [5.74, 6) is -0.378. The second kappa shape index (κ2) is 7.93. The fraction of sp³-hybridized carbons (Fsp3) is 0.235. The summed E-state index contributed by atoms with van der Waals surface area (Å²) in [5, 5.41) is 5.49. The summed E-state index contributed by atoms with van der Waals surface area (Å²) in [4.78, 5) is 27.4. The maximum Gasteiger partial charge on any atom is 0.338 e. The van der Waals surface area contributed by atoms with Crippen LogP contribution in [0.5, 0.6) is 0 Å². The highest BCUT2D eigenvalue weighted by molar-refractivity contribution is 5.92. The molecule has 0 aliphatic carbocycles. The van der Waals surface area contributed by atoms with E-state index in [0.29, 0.717) is 24.4 Å². The lowest BCUT2D eigenvalue weighted by Gasteiger charge is -2.09. The Labute approximate surface area is 134 Å². The molecule has 6 nitrogen and oxygen atoms in total. The molecule has 0 radical (unpaired) electrons. The Balaban J connectivity index is 1.88. The first-order valence-electron chi connectivity index (χ1n) is 7.31. The van der Waals surface area contributed by atoms with E-state index in [1.54, 1.807) is 43.6 Å². The number of rotatable bonds is 5. The monoisotopic (exact) mass is 313 g/mol. The highest BCUT2D eigenvalue weighted by atomic mass is 16.5. The molecule has 0 bridgehead atoms. The van der Waals surface area contributed by atoms with Crippen molar-refractivity contribution in [3.63, 3.8) is 0 Å². The van der Waals surface area contributed by atoms with Crippen LogP contribution in [0, 0.1) is 6.92 Å². The molecule has 0 saturated carbocycles. The highest BCUT2D eigenvalue weighted by Gasteiger charge is 2.07. The van der Waals surface area contributed by atoms with Gasteiger partial charge >= 0.3 is 12.0 Å². The average molecular weight is 313 g/mol. The summed E-state index contributed by atoms with van der Waals surface area (Å²) < 4.78 is 4.90. The highest BCUT2D eigenvalue weighted by Crippen LogP contribution is 2.11. The van der Waals surface area contributed by atoms with E-state index >= 15 is 0 Å². The first-order chi connectivity index (χ1) is 11.1. The van der Waals surface area contributed by atoms with E-state index in [4.69, 9.17) is 4.74 Å². The molecule has 0 atom stereocenters. The number of amides is 2. The molecule has 1 heterocycles. The number of aromatic nitrogens is 1. The standard InChI is InChI=1S/C17H19N3O3/c1-3-23-16(21)13-4-6-15(7-5-13)20-17(22)19-11-14-8-9-18-10-12(14)2/h4-10H,3,11H2,1-2H3,(H2,19,20,22). The van der Waals surface area contributed by atoms with Crippen LogP contribution in [0.1, 0.15) is 28.4 Å². The van der Waals surface area contributed by atoms with Gasteiger partial charge < -0.3 is 15.4 Å². The van der Waals surface area contributed by atoms with E-state index in [1.165, 1.54) is 0 Å². The van der Waals surface area contributed by atoms with E-state index in [-0.39, 0.29) is 12.0 Å². The Morgan fingerprint density at radius 3 is 2.57 bits per heavy atom. The molecule has 0 unspecified atom stereocenters. The molecule has 0 fully saturated rings. The number of nitrogens with zero attached hydrogens (tertiary/aromatic N) is 1. The smallest absolute Gasteiger partial charge is 0.338 e. The lowest BCUT2D eigenvalue weighted by Crippen LogP contribution is -2.28. The lowest BCUT2D eigenvalue weighted by molar-refractivity contribution is 0.0526. The zero-order valence-corrected chi connectivity index (χ0v) is 13.1. The van der Waals surface area contributed by atoms with Crippen LogP contribution < -0.4 is 10.6 Å². The molecule has 2 rings (SSSR count). The quantitative estimate of drug-likeness (QED) is 0.832. The van der Waals surface area contributed by atoms with Crippen molar-refractivity contribution in [2.45, 2.75) is 20.4 Å². The molecule has 1 aromatic carbocycles. The minimum atomic E-state index is -0.378. The molecule has 0 saturated heterocycles. The molecule has 2 aromatic rings. The minimum absolute atomic E-state index is 0.315. The number of pyridine rings is 1. The number of aryl methyl sites for hydroxylation is 1. The van der Waals surface area contributed by atoms with E-state index in [1.807, 2.05) is 13.0 Å². The molecule has 2 amide bonds. The van der Waals surface area contributed by atoms with E-state index in [0.717, 1.165) is 11.1 Å². The van der Waals surface area contributed by atoms with Gasteiger partial charge in [0.25, 0.3) is 0 Å². The Hall–Kier alpha value is -2.89. The Morgan fingerprint density at radius 2 is 1.91 bits per heavy atom. The van der Waals surface area contributed by atoms with Gasteiger partial charge in [0.05, 0.1) is 12.2 Å². The molecule has 6 heteroatoms. The summed E-state index contributed by atoms with van der Waals surface area (Å²) in [7, 11) is 0. The number of hydrogen-bond acceptors (Lipinski definition) is 4. The average Bonchev–Trinajstić information content (AvgIpc) is 2.55. The number of benzene rings is 1. The third-order valence-corrected chi connectivity index (χ3v) is 3.23. The van der Waals surface area contributed by atoms with Gasteiger partial charge in [0.1, 0.15) is 0 Å². The third kappa shape index (κ3) is 4.81. The van der Waals surface area contributed by atoms with E-state index in [2.05, 4.69) is 15.6 Å². The fourth-order valence-corrected chi connectivity index (χ4v) is 1.96. The number of hydrogen-bond donors (Lipinski definition) is 2. The second-order valence-electron chi connectivity index (χ2n) is 4.91. The number of urea groups is 1. The van der Waals surface area contributed by atoms with Crippen LogP contribution >= 0.6 is 0 Å². The molecule has 0 aliphatic rings. The number of anilines is 1. The van der Waals surface area contributed by atoms with Crippen molar-refractivity contribution in [1.29, 1.82) is 0 Å². The molecular weight excluding hydrogens is 294 g/mol. The maximum atomic E-state index is 11.9. The number of carbonyl (C=O) groups excluding carboxylic acids is 2. The third-order valence-electron chi connectivity index (χ3n) is 3.23. The molecule has 0 spiro atoms. The Morgan fingerprint density at radius 1 is 1.17 bits per heavy atom. The summed E-state index contributed by atoms with van der Waals surface area (Å²) in [6.07, 6.45) is 3.44. The van der Waals surface area contributed by atoms with Crippen molar-refractivity contribution >= 4 is 17.7 Å². The number of carbonyl (C=O) groups is 2. The predicted molar refractivity (Wildman–Crippen MR) is 87.2 cm³/mol. The van der Waals surface area contributed by atoms with Crippen LogP contribution in [0.3, 0.4) is 0 Å². The van der Waals surface area contributed by atoms with Crippen LogP contribution in [-0.4, -0.2) is 23.6 Å². The van der Waals surface area contributed by atoms with E-state index in [9.17, 15) is 9.59 Å².